The van der Waals surface area contributed by atoms with Crippen LogP contribution in [0.4, 0.5) is 37.0 Å². The minimum absolute atomic E-state index is 0.0396. The first kappa shape index (κ1) is 29.1. The highest BCUT2D eigenvalue weighted by molar-refractivity contribution is 5.79. The number of rotatable bonds is 5. The van der Waals surface area contributed by atoms with Gasteiger partial charge >= 0.3 is 18.4 Å². The van der Waals surface area contributed by atoms with Gasteiger partial charge < -0.3 is 19.4 Å². The van der Waals surface area contributed by atoms with Crippen molar-refractivity contribution in [2.45, 2.75) is 25.8 Å². The molecule has 0 bridgehead atoms. The summed E-state index contributed by atoms with van der Waals surface area (Å²) < 4.78 is 85.1. The SMILES string of the molecule is Cc1ncccc1-c1cc(N2CCN(C)CC2)ncc1OC(=O)N(C)Cc1cc(C(F)(F)F)cc(C(F)(F)F)c1. The van der Waals surface area contributed by atoms with Crippen LogP contribution in [0, 0.1) is 6.92 Å². The van der Waals surface area contributed by atoms with Crippen molar-refractivity contribution in [1.82, 2.24) is 19.8 Å². The summed E-state index contributed by atoms with van der Waals surface area (Å²) in [6.07, 6.45) is -7.98. The van der Waals surface area contributed by atoms with Crippen molar-refractivity contribution in [3.8, 4) is 16.9 Å². The number of amides is 1. The van der Waals surface area contributed by atoms with Crippen LogP contribution in [0.25, 0.3) is 11.1 Å². The summed E-state index contributed by atoms with van der Waals surface area (Å²) in [6.45, 7) is 4.41. The largest absolute Gasteiger partial charge is 0.416 e. The Hall–Kier alpha value is -3.87. The zero-order valence-electron chi connectivity index (χ0n) is 22.0. The lowest BCUT2D eigenvalue weighted by atomic mass is 10.0. The molecular weight excluding hydrogens is 540 g/mol. The van der Waals surface area contributed by atoms with Crippen LogP contribution in [0.1, 0.15) is 22.4 Å². The second-order valence-corrected chi connectivity index (χ2v) is 9.60. The van der Waals surface area contributed by atoms with Gasteiger partial charge in [-0.25, -0.2) is 9.78 Å². The van der Waals surface area contributed by atoms with Gasteiger partial charge in [0.2, 0.25) is 0 Å². The molecule has 1 fully saturated rings. The molecule has 1 aliphatic heterocycles. The number of carbonyl (C=O) groups is 1. The fourth-order valence-corrected chi connectivity index (χ4v) is 4.32. The molecule has 0 radical (unpaired) electrons. The van der Waals surface area contributed by atoms with E-state index < -0.39 is 36.1 Å². The number of halogens is 6. The molecule has 13 heteroatoms. The number of ether oxygens (including phenoxy) is 1. The van der Waals surface area contributed by atoms with Gasteiger partial charge in [-0.15, -0.1) is 0 Å². The van der Waals surface area contributed by atoms with Gasteiger partial charge in [0.1, 0.15) is 5.82 Å². The first-order chi connectivity index (χ1) is 18.7. The number of benzene rings is 1. The summed E-state index contributed by atoms with van der Waals surface area (Å²) in [4.78, 5) is 26.9. The minimum atomic E-state index is -5.00. The van der Waals surface area contributed by atoms with Crippen LogP contribution in [-0.2, 0) is 18.9 Å². The Bertz CT molecular complexity index is 1340. The molecule has 0 spiro atoms. The van der Waals surface area contributed by atoms with E-state index in [1.807, 2.05) is 7.05 Å². The van der Waals surface area contributed by atoms with E-state index in [1.165, 1.54) is 13.2 Å². The second kappa shape index (κ2) is 11.3. The lowest BCUT2D eigenvalue weighted by molar-refractivity contribution is -0.143. The number of aryl methyl sites for hydroxylation is 1. The quantitative estimate of drug-likeness (QED) is 0.360. The molecule has 3 aromatic rings. The number of likely N-dealkylation sites (N-methyl/N-ethyl adjacent to an activating group) is 1. The summed E-state index contributed by atoms with van der Waals surface area (Å²) >= 11 is 0. The van der Waals surface area contributed by atoms with Crippen LogP contribution in [0.5, 0.6) is 5.75 Å². The smallest absolute Gasteiger partial charge is 0.408 e. The van der Waals surface area contributed by atoms with Crippen molar-refractivity contribution in [2.24, 2.45) is 0 Å². The fourth-order valence-electron chi connectivity index (χ4n) is 4.32. The van der Waals surface area contributed by atoms with Gasteiger partial charge in [-0.05, 0) is 49.9 Å². The molecule has 4 rings (SSSR count). The molecule has 0 aliphatic carbocycles. The number of hydrogen-bond donors (Lipinski definition) is 0. The average Bonchev–Trinajstić information content (AvgIpc) is 2.88. The molecule has 1 aromatic carbocycles. The van der Waals surface area contributed by atoms with Gasteiger partial charge in [0, 0.05) is 62.8 Å². The molecule has 1 saturated heterocycles. The number of aromatic nitrogens is 2. The van der Waals surface area contributed by atoms with E-state index in [1.54, 1.807) is 31.3 Å². The number of anilines is 1. The van der Waals surface area contributed by atoms with Gasteiger partial charge in [-0.3, -0.25) is 4.98 Å². The van der Waals surface area contributed by atoms with Gasteiger partial charge in [0.15, 0.2) is 5.75 Å². The van der Waals surface area contributed by atoms with Gasteiger partial charge in [0.25, 0.3) is 0 Å². The van der Waals surface area contributed by atoms with E-state index in [0.29, 0.717) is 34.8 Å². The van der Waals surface area contributed by atoms with E-state index >= 15 is 0 Å². The van der Waals surface area contributed by atoms with Crippen LogP contribution in [-0.4, -0.2) is 66.1 Å². The van der Waals surface area contributed by atoms with Gasteiger partial charge in [-0.1, -0.05) is 6.07 Å². The van der Waals surface area contributed by atoms with Crippen molar-refractivity contribution >= 4 is 11.9 Å². The Morgan fingerprint density at radius 1 is 0.950 bits per heavy atom. The average molecular weight is 568 g/mol. The zero-order chi connectivity index (χ0) is 29.2. The molecule has 0 saturated carbocycles. The topological polar surface area (TPSA) is 61.8 Å². The van der Waals surface area contributed by atoms with E-state index in [0.717, 1.165) is 31.1 Å². The molecule has 1 amide bonds. The van der Waals surface area contributed by atoms with Gasteiger partial charge in [0.05, 0.1) is 17.3 Å². The Balaban J connectivity index is 1.61. The highest BCUT2D eigenvalue weighted by Crippen LogP contribution is 2.37. The molecule has 2 aromatic heterocycles. The molecule has 0 N–H and O–H groups in total. The van der Waals surface area contributed by atoms with Crippen LogP contribution in [0.15, 0.2) is 48.8 Å². The fraction of sp³-hybridized carbons (Fsp3) is 0.370. The molecule has 3 heterocycles. The Morgan fingerprint density at radius 2 is 1.57 bits per heavy atom. The summed E-state index contributed by atoms with van der Waals surface area (Å²) in [7, 11) is 3.24. The van der Waals surface area contributed by atoms with E-state index in [-0.39, 0.29) is 17.4 Å². The first-order valence-electron chi connectivity index (χ1n) is 12.3. The maximum absolute atomic E-state index is 13.3. The van der Waals surface area contributed by atoms with Crippen molar-refractivity contribution in [3.05, 3.63) is 71.2 Å². The Morgan fingerprint density at radius 3 is 2.15 bits per heavy atom. The van der Waals surface area contributed by atoms with E-state index in [9.17, 15) is 31.1 Å². The number of piperazine rings is 1. The third kappa shape index (κ3) is 6.82. The standard InChI is InChI=1S/C27H27F6N5O2/c1-17-21(5-4-6-34-17)22-14-24(38-9-7-36(2)8-10-38)35-15-23(22)40-25(39)37(3)16-18-11-19(26(28,29)30)13-20(12-18)27(31,32)33/h4-6,11-15H,7-10,16H2,1-3H3. The van der Waals surface area contributed by atoms with Crippen molar-refractivity contribution in [2.75, 3.05) is 45.2 Å². The molecule has 214 valence electrons. The Labute approximate surface area is 227 Å². The highest BCUT2D eigenvalue weighted by Gasteiger charge is 2.37. The monoisotopic (exact) mass is 567 g/mol. The maximum atomic E-state index is 13.3. The number of carbonyl (C=O) groups excluding carboxylic acids is 1. The molecule has 7 nitrogen and oxygen atoms in total. The minimum Gasteiger partial charge on any atom is -0.408 e. The summed E-state index contributed by atoms with van der Waals surface area (Å²) in [5.74, 6) is 0.744. The predicted octanol–water partition coefficient (Wildman–Crippen LogP) is 5.87. The van der Waals surface area contributed by atoms with Crippen LogP contribution >= 0.6 is 0 Å². The molecule has 0 atom stereocenters. The van der Waals surface area contributed by atoms with Crippen molar-refractivity contribution in [3.63, 3.8) is 0 Å². The highest BCUT2D eigenvalue weighted by atomic mass is 19.4. The maximum Gasteiger partial charge on any atom is 0.416 e. The number of pyridine rings is 2. The van der Waals surface area contributed by atoms with Crippen molar-refractivity contribution in [1.29, 1.82) is 0 Å². The van der Waals surface area contributed by atoms with E-state index in [4.69, 9.17) is 4.74 Å². The zero-order valence-corrected chi connectivity index (χ0v) is 22.0. The summed E-state index contributed by atoms with van der Waals surface area (Å²) in [5.41, 5.74) is -1.41. The molecule has 1 aliphatic rings. The lowest BCUT2D eigenvalue weighted by Crippen LogP contribution is -2.44. The Kier molecular flexibility index (Phi) is 8.24. The third-order valence-electron chi connectivity index (χ3n) is 6.55. The second-order valence-electron chi connectivity index (χ2n) is 9.60. The molecule has 0 unspecified atom stereocenters. The summed E-state index contributed by atoms with van der Waals surface area (Å²) in [5, 5.41) is 0. The normalized spacial score (nSPS) is 14.8. The van der Waals surface area contributed by atoms with E-state index in [2.05, 4.69) is 19.8 Å². The lowest BCUT2D eigenvalue weighted by Gasteiger charge is -2.33. The van der Waals surface area contributed by atoms with Crippen LogP contribution in [0.2, 0.25) is 0 Å². The molecule has 40 heavy (non-hydrogen) atoms. The van der Waals surface area contributed by atoms with Crippen LogP contribution in [0.3, 0.4) is 0 Å². The van der Waals surface area contributed by atoms with Crippen molar-refractivity contribution < 1.29 is 35.9 Å². The number of hydrogen-bond acceptors (Lipinski definition) is 6. The van der Waals surface area contributed by atoms with Gasteiger partial charge in [-0.2, -0.15) is 26.3 Å². The predicted molar refractivity (Wildman–Crippen MR) is 136 cm³/mol. The number of alkyl halides is 6. The first-order valence-corrected chi connectivity index (χ1v) is 12.3. The van der Waals surface area contributed by atoms with Crippen LogP contribution < -0.4 is 9.64 Å². The molecular formula is C27H27F6N5O2. The summed E-state index contributed by atoms with van der Waals surface area (Å²) in [6, 6.07) is 6.50. The number of nitrogens with zero attached hydrogens (tertiary/aromatic N) is 5. The third-order valence-corrected chi connectivity index (χ3v) is 6.55.